The minimum absolute atomic E-state index is 0.0369. The van der Waals surface area contributed by atoms with Crippen molar-refractivity contribution in [1.82, 2.24) is 4.31 Å². The van der Waals surface area contributed by atoms with Crippen molar-refractivity contribution in [3.63, 3.8) is 0 Å². The molecule has 0 bridgehead atoms. The van der Waals surface area contributed by atoms with Crippen LogP contribution >= 0.6 is 23.2 Å². The first-order valence-corrected chi connectivity index (χ1v) is 10.2. The number of rotatable bonds is 7. The van der Waals surface area contributed by atoms with Gasteiger partial charge in [0.25, 0.3) is 0 Å². The van der Waals surface area contributed by atoms with Gasteiger partial charge in [0.15, 0.2) is 0 Å². The molecule has 26 heavy (non-hydrogen) atoms. The zero-order chi connectivity index (χ0) is 19.3. The number of hydrogen-bond donors (Lipinski definition) is 0. The van der Waals surface area contributed by atoms with Crippen molar-refractivity contribution in [3.8, 4) is 0 Å². The molecule has 0 spiro atoms. The highest BCUT2D eigenvalue weighted by molar-refractivity contribution is 7.89. The first-order valence-electron chi connectivity index (χ1n) is 8.00. The van der Waals surface area contributed by atoms with E-state index in [1.54, 1.807) is 32.0 Å². The van der Waals surface area contributed by atoms with Crippen LogP contribution in [-0.4, -0.2) is 31.8 Å². The van der Waals surface area contributed by atoms with Crippen LogP contribution in [0.1, 0.15) is 29.8 Å². The smallest absolute Gasteiger partial charge is 0.338 e. The van der Waals surface area contributed by atoms with Crippen LogP contribution in [0.25, 0.3) is 0 Å². The zero-order valence-electron chi connectivity index (χ0n) is 14.4. The highest BCUT2D eigenvalue weighted by Crippen LogP contribution is 2.23. The van der Waals surface area contributed by atoms with Gasteiger partial charge in [0.05, 0.1) is 20.5 Å². The van der Waals surface area contributed by atoms with Gasteiger partial charge in [-0.05, 0) is 42.0 Å². The summed E-state index contributed by atoms with van der Waals surface area (Å²) < 4.78 is 31.4. The maximum Gasteiger partial charge on any atom is 0.338 e. The van der Waals surface area contributed by atoms with E-state index >= 15 is 0 Å². The maximum absolute atomic E-state index is 12.4. The molecular weight excluding hydrogens is 397 g/mol. The van der Waals surface area contributed by atoms with Gasteiger partial charge < -0.3 is 4.74 Å². The molecule has 0 unspecified atom stereocenters. The van der Waals surface area contributed by atoms with Crippen LogP contribution in [0.5, 0.6) is 0 Å². The molecule has 0 aliphatic rings. The van der Waals surface area contributed by atoms with Crippen molar-refractivity contribution < 1.29 is 17.9 Å². The fourth-order valence-corrected chi connectivity index (χ4v) is 4.12. The average Bonchev–Trinajstić information content (AvgIpc) is 2.63. The number of carbonyl (C=O) groups is 1. The van der Waals surface area contributed by atoms with E-state index in [2.05, 4.69) is 0 Å². The highest BCUT2D eigenvalue weighted by atomic mass is 35.5. The Hall–Kier alpha value is -1.60. The van der Waals surface area contributed by atoms with Crippen molar-refractivity contribution in [2.75, 3.05) is 13.1 Å². The van der Waals surface area contributed by atoms with E-state index in [1.807, 2.05) is 0 Å². The molecule has 0 saturated carbocycles. The lowest BCUT2D eigenvalue weighted by Gasteiger charge is -2.18. The van der Waals surface area contributed by atoms with Crippen LogP contribution in [0, 0.1) is 0 Å². The number of hydrogen-bond acceptors (Lipinski definition) is 4. The fourth-order valence-electron chi connectivity index (χ4n) is 2.34. The molecule has 2 aromatic rings. The molecule has 8 heteroatoms. The number of nitrogens with zero attached hydrogens (tertiary/aromatic N) is 1. The molecule has 0 N–H and O–H groups in total. The molecule has 0 aliphatic carbocycles. The Balaban J connectivity index is 2.07. The third-order valence-corrected chi connectivity index (χ3v) is 6.59. The summed E-state index contributed by atoms with van der Waals surface area (Å²) in [7, 11) is -3.55. The lowest BCUT2D eigenvalue weighted by Crippen LogP contribution is -2.30. The topological polar surface area (TPSA) is 63.7 Å². The van der Waals surface area contributed by atoms with Gasteiger partial charge in [-0.2, -0.15) is 4.31 Å². The number of ether oxygens (including phenoxy) is 1. The third kappa shape index (κ3) is 4.76. The summed E-state index contributed by atoms with van der Waals surface area (Å²) in [6.45, 7) is 4.35. The SMILES string of the molecule is CCN(CC)S(=O)(=O)c1ccc(C(=O)OCc2ccc(Cl)c(Cl)c2)cc1. The van der Waals surface area contributed by atoms with E-state index in [0.717, 1.165) is 0 Å². The van der Waals surface area contributed by atoms with Crippen LogP contribution in [-0.2, 0) is 21.4 Å². The predicted octanol–water partition coefficient (Wildman–Crippen LogP) is 4.38. The van der Waals surface area contributed by atoms with Gasteiger partial charge >= 0.3 is 5.97 Å². The minimum Gasteiger partial charge on any atom is -0.457 e. The minimum atomic E-state index is -3.55. The second-order valence-corrected chi connectivity index (χ2v) is 8.19. The number of benzene rings is 2. The van der Waals surface area contributed by atoms with Crippen molar-refractivity contribution in [2.24, 2.45) is 0 Å². The normalized spacial score (nSPS) is 11.6. The quantitative estimate of drug-likeness (QED) is 0.629. The highest BCUT2D eigenvalue weighted by Gasteiger charge is 2.21. The number of esters is 1. The largest absolute Gasteiger partial charge is 0.457 e. The molecule has 0 fully saturated rings. The molecule has 0 aromatic heterocycles. The Labute approximate surface area is 163 Å². The summed E-state index contributed by atoms with van der Waals surface area (Å²) in [6, 6.07) is 10.6. The van der Waals surface area contributed by atoms with Gasteiger partial charge in [0, 0.05) is 13.1 Å². The van der Waals surface area contributed by atoms with Gasteiger partial charge in [-0.1, -0.05) is 43.1 Å². The van der Waals surface area contributed by atoms with Crippen LogP contribution in [0.15, 0.2) is 47.4 Å². The van der Waals surface area contributed by atoms with Crippen molar-refractivity contribution in [2.45, 2.75) is 25.3 Å². The van der Waals surface area contributed by atoms with Crippen LogP contribution < -0.4 is 0 Å². The Kier molecular flexibility index (Phi) is 7.06. The summed E-state index contributed by atoms with van der Waals surface area (Å²) in [5.74, 6) is -0.553. The Morgan fingerprint density at radius 2 is 1.62 bits per heavy atom. The first-order chi connectivity index (χ1) is 12.3. The molecule has 0 radical (unpaired) electrons. The summed E-state index contributed by atoms with van der Waals surface area (Å²) in [5, 5.41) is 0.804. The van der Waals surface area contributed by atoms with Gasteiger partial charge in [0.1, 0.15) is 6.61 Å². The molecule has 2 rings (SSSR count). The van der Waals surface area contributed by atoms with Gasteiger partial charge in [-0.25, -0.2) is 13.2 Å². The maximum atomic E-state index is 12.4. The standard InChI is InChI=1S/C18H19Cl2NO4S/c1-3-21(4-2)26(23,24)15-8-6-14(7-9-15)18(22)25-12-13-5-10-16(19)17(20)11-13/h5-11H,3-4,12H2,1-2H3. The second kappa shape index (κ2) is 8.86. The van der Waals surface area contributed by atoms with E-state index in [4.69, 9.17) is 27.9 Å². The molecule has 0 heterocycles. The van der Waals surface area contributed by atoms with Crippen molar-refractivity contribution in [1.29, 1.82) is 0 Å². The van der Waals surface area contributed by atoms with Crippen LogP contribution in [0.2, 0.25) is 10.0 Å². The Morgan fingerprint density at radius 3 is 2.15 bits per heavy atom. The monoisotopic (exact) mass is 415 g/mol. The van der Waals surface area contributed by atoms with Crippen molar-refractivity contribution >= 4 is 39.2 Å². The second-order valence-electron chi connectivity index (χ2n) is 5.44. The van der Waals surface area contributed by atoms with E-state index in [9.17, 15) is 13.2 Å². The molecular formula is C18H19Cl2NO4S. The summed E-state index contributed by atoms with van der Waals surface area (Å²) in [6.07, 6.45) is 0. The Bertz CT molecular complexity index is 879. The van der Waals surface area contributed by atoms with E-state index in [0.29, 0.717) is 28.7 Å². The molecule has 5 nitrogen and oxygen atoms in total. The molecule has 2 aromatic carbocycles. The lowest BCUT2D eigenvalue weighted by atomic mass is 10.2. The lowest BCUT2D eigenvalue weighted by molar-refractivity contribution is 0.0472. The molecule has 140 valence electrons. The molecule has 0 saturated heterocycles. The van der Waals surface area contributed by atoms with Gasteiger partial charge in [-0.3, -0.25) is 0 Å². The van der Waals surface area contributed by atoms with E-state index in [-0.39, 0.29) is 17.1 Å². The third-order valence-electron chi connectivity index (χ3n) is 3.79. The van der Waals surface area contributed by atoms with Crippen LogP contribution in [0.4, 0.5) is 0 Å². The van der Waals surface area contributed by atoms with Gasteiger partial charge in [0.2, 0.25) is 10.0 Å². The van der Waals surface area contributed by atoms with Crippen molar-refractivity contribution in [3.05, 3.63) is 63.6 Å². The number of sulfonamides is 1. The fraction of sp³-hybridized carbons (Fsp3) is 0.278. The van der Waals surface area contributed by atoms with Crippen LogP contribution in [0.3, 0.4) is 0 Å². The van der Waals surface area contributed by atoms with E-state index in [1.165, 1.54) is 28.6 Å². The average molecular weight is 416 g/mol. The molecule has 0 amide bonds. The Morgan fingerprint density at radius 1 is 1.00 bits per heavy atom. The molecule has 0 aliphatic heterocycles. The zero-order valence-corrected chi connectivity index (χ0v) is 16.7. The number of carbonyl (C=O) groups excluding carboxylic acids is 1. The summed E-state index contributed by atoms with van der Waals surface area (Å²) in [4.78, 5) is 12.3. The predicted molar refractivity (Wildman–Crippen MR) is 102 cm³/mol. The van der Waals surface area contributed by atoms with Gasteiger partial charge in [-0.15, -0.1) is 0 Å². The summed E-state index contributed by atoms with van der Waals surface area (Å²) in [5.41, 5.74) is 0.969. The molecule has 0 atom stereocenters. The number of halogens is 2. The summed E-state index contributed by atoms with van der Waals surface area (Å²) >= 11 is 11.8. The van der Waals surface area contributed by atoms with E-state index < -0.39 is 16.0 Å². The first kappa shape index (κ1) is 20.7.